The Morgan fingerprint density at radius 1 is 1.08 bits per heavy atom. The zero-order valence-electron chi connectivity index (χ0n) is 9.77. The van der Waals surface area contributed by atoms with E-state index in [1.165, 1.54) is 31.7 Å². The molecule has 0 bridgehead atoms. The Bertz CT molecular complexity index is 118. The smallest absolute Gasteiger partial charge is 0.0445 e. The summed E-state index contributed by atoms with van der Waals surface area (Å²) in [6.07, 6.45) is 5.51. The normalized spacial score (nSPS) is 14.5. The van der Waals surface area contributed by atoms with Crippen molar-refractivity contribution in [2.45, 2.75) is 58.3 Å². The highest BCUT2D eigenvalue weighted by atomic mass is 32.1. The van der Waals surface area contributed by atoms with Gasteiger partial charge in [-0.3, -0.25) is 0 Å². The predicted molar refractivity (Wildman–Crippen MR) is 69.6 cm³/mol. The van der Waals surface area contributed by atoms with Gasteiger partial charge in [0.1, 0.15) is 0 Å². The lowest BCUT2D eigenvalue weighted by Crippen LogP contribution is -2.22. The van der Waals surface area contributed by atoms with Crippen molar-refractivity contribution in [3.05, 3.63) is 0 Å². The van der Waals surface area contributed by atoms with Crippen molar-refractivity contribution in [3.63, 3.8) is 0 Å². The molecule has 0 aliphatic heterocycles. The fourth-order valence-electron chi connectivity index (χ4n) is 1.93. The molecule has 0 aromatic carbocycles. The van der Waals surface area contributed by atoms with Gasteiger partial charge in [-0.2, -0.15) is 12.6 Å². The number of hydrogen-bond donors (Lipinski definition) is 1. The predicted octanol–water partition coefficient (Wildman–Crippen LogP) is 4.45. The highest BCUT2D eigenvalue weighted by Gasteiger charge is 2.16. The summed E-state index contributed by atoms with van der Waals surface area (Å²) >= 11 is 4.22. The van der Waals surface area contributed by atoms with Crippen LogP contribution in [-0.2, 0) is 0 Å². The Morgan fingerprint density at radius 2 is 1.69 bits per heavy atom. The van der Waals surface area contributed by atoms with E-state index in [0.29, 0.717) is 0 Å². The van der Waals surface area contributed by atoms with Gasteiger partial charge < -0.3 is 0 Å². The van der Waals surface area contributed by atoms with Crippen LogP contribution in [0.5, 0.6) is 0 Å². The average Bonchev–Trinajstić information content (AvgIpc) is 1.94. The van der Waals surface area contributed by atoms with Gasteiger partial charge in [-0.1, -0.05) is 51.9 Å². The van der Waals surface area contributed by atoms with Gasteiger partial charge in [0, 0.05) is 8.07 Å². The number of unbranched alkanes of at least 4 members (excludes halogenated alkanes) is 2. The van der Waals surface area contributed by atoms with Crippen LogP contribution in [0.15, 0.2) is 0 Å². The van der Waals surface area contributed by atoms with Gasteiger partial charge in [0.2, 0.25) is 0 Å². The Labute approximate surface area is 90.9 Å². The summed E-state index contributed by atoms with van der Waals surface area (Å²) in [5, 5.41) is 0. The van der Waals surface area contributed by atoms with E-state index >= 15 is 0 Å². The standard InChI is InChI=1S/C11H26SSi/c1-11(10-13(2,3)4)8-6-5-7-9-12/h11-12H,5-10H2,1-4H3. The first kappa shape index (κ1) is 13.6. The van der Waals surface area contributed by atoms with Gasteiger partial charge in [-0.05, 0) is 18.1 Å². The van der Waals surface area contributed by atoms with Crippen LogP contribution in [0.3, 0.4) is 0 Å². The molecule has 0 aromatic heterocycles. The van der Waals surface area contributed by atoms with E-state index in [2.05, 4.69) is 39.2 Å². The van der Waals surface area contributed by atoms with E-state index in [1.807, 2.05) is 0 Å². The Hall–Kier alpha value is 0.567. The molecule has 0 amide bonds. The summed E-state index contributed by atoms with van der Waals surface area (Å²) in [6.45, 7) is 9.82. The van der Waals surface area contributed by atoms with Gasteiger partial charge in [0.15, 0.2) is 0 Å². The summed E-state index contributed by atoms with van der Waals surface area (Å²) in [7, 11) is -0.804. The number of hydrogen-bond acceptors (Lipinski definition) is 1. The molecule has 0 heterocycles. The molecule has 0 radical (unpaired) electrons. The summed E-state index contributed by atoms with van der Waals surface area (Å²) < 4.78 is 0. The second kappa shape index (κ2) is 6.94. The molecule has 0 fully saturated rings. The summed E-state index contributed by atoms with van der Waals surface area (Å²) in [4.78, 5) is 0. The fourth-order valence-corrected chi connectivity index (χ4v) is 4.45. The van der Waals surface area contributed by atoms with Gasteiger partial charge in [0.25, 0.3) is 0 Å². The number of rotatable bonds is 7. The molecule has 13 heavy (non-hydrogen) atoms. The first-order valence-corrected chi connectivity index (χ1v) is 9.90. The van der Waals surface area contributed by atoms with Crippen LogP contribution in [0.2, 0.25) is 25.7 Å². The molecule has 0 rings (SSSR count). The van der Waals surface area contributed by atoms with E-state index in [0.717, 1.165) is 11.7 Å². The summed E-state index contributed by atoms with van der Waals surface area (Å²) in [6, 6.07) is 1.49. The van der Waals surface area contributed by atoms with Crippen LogP contribution in [-0.4, -0.2) is 13.8 Å². The molecule has 0 nitrogen and oxygen atoms in total. The topological polar surface area (TPSA) is 0 Å². The lowest BCUT2D eigenvalue weighted by atomic mass is 10.1. The molecule has 1 unspecified atom stereocenters. The first-order chi connectivity index (χ1) is 5.95. The van der Waals surface area contributed by atoms with Crippen LogP contribution in [0.1, 0.15) is 32.6 Å². The Balaban J connectivity index is 3.35. The van der Waals surface area contributed by atoms with Crippen molar-refractivity contribution in [1.82, 2.24) is 0 Å². The number of thiol groups is 1. The summed E-state index contributed by atoms with van der Waals surface area (Å²) in [5.74, 6) is 2.01. The molecular weight excluding hydrogens is 192 g/mol. The highest BCUT2D eigenvalue weighted by molar-refractivity contribution is 7.80. The molecule has 0 saturated carbocycles. The van der Waals surface area contributed by atoms with Crippen molar-refractivity contribution in [1.29, 1.82) is 0 Å². The second-order valence-electron chi connectivity index (χ2n) is 5.44. The van der Waals surface area contributed by atoms with Crippen molar-refractivity contribution in [2.24, 2.45) is 5.92 Å². The quantitative estimate of drug-likeness (QED) is 0.364. The zero-order valence-corrected chi connectivity index (χ0v) is 11.7. The molecule has 0 saturated heterocycles. The maximum atomic E-state index is 4.22. The monoisotopic (exact) mass is 218 g/mol. The molecule has 0 aromatic rings. The second-order valence-corrected chi connectivity index (χ2v) is 11.4. The molecular formula is C11H26SSi. The molecule has 0 aliphatic rings. The van der Waals surface area contributed by atoms with E-state index in [4.69, 9.17) is 0 Å². The highest BCUT2D eigenvalue weighted by Crippen LogP contribution is 2.21. The molecule has 0 spiro atoms. The molecule has 2 heteroatoms. The van der Waals surface area contributed by atoms with Crippen LogP contribution in [0.25, 0.3) is 0 Å². The van der Waals surface area contributed by atoms with Crippen LogP contribution < -0.4 is 0 Å². The van der Waals surface area contributed by atoms with Crippen molar-refractivity contribution in [2.75, 3.05) is 5.75 Å². The third-order valence-electron chi connectivity index (χ3n) is 2.32. The zero-order chi connectivity index (χ0) is 10.3. The Kier molecular flexibility index (Phi) is 7.24. The van der Waals surface area contributed by atoms with Gasteiger partial charge in [-0.25, -0.2) is 0 Å². The molecule has 0 aliphatic carbocycles. The SMILES string of the molecule is CC(CCCCCS)C[Si](C)(C)C. The molecule has 80 valence electrons. The van der Waals surface area contributed by atoms with Gasteiger partial charge >= 0.3 is 0 Å². The van der Waals surface area contributed by atoms with Crippen molar-refractivity contribution in [3.8, 4) is 0 Å². The summed E-state index contributed by atoms with van der Waals surface area (Å²) in [5.41, 5.74) is 0. The van der Waals surface area contributed by atoms with Crippen LogP contribution in [0.4, 0.5) is 0 Å². The van der Waals surface area contributed by atoms with Crippen molar-refractivity contribution < 1.29 is 0 Å². The Morgan fingerprint density at radius 3 is 2.15 bits per heavy atom. The van der Waals surface area contributed by atoms with E-state index in [1.54, 1.807) is 0 Å². The maximum absolute atomic E-state index is 4.22. The minimum Gasteiger partial charge on any atom is -0.179 e. The van der Waals surface area contributed by atoms with Gasteiger partial charge in [-0.15, -0.1) is 0 Å². The third-order valence-corrected chi connectivity index (χ3v) is 4.55. The van der Waals surface area contributed by atoms with Crippen molar-refractivity contribution >= 4 is 20.7 Å². The fraction of sp³-hybridized carbons (Fsp3) is 1.00. The first-order valence-electron chi connectivity index (χ1n) is 5.56. The van der Waals surface area contributed by atoms with E-state index in [-0.39, 0.29) is 0 Å². The van der Waals surface area contributed by atoms with Crippen LogP contribution >= 0.6 is 12.6 Å². The third kappa shape index (κ3) is 10.5. The lowest BCUT2D eigenvalue weighted by Gasteiger charge is -2.21. The van der Waals surface area contributed by atoms with Gasteiger partial charge in [0.05, 0.1) is 0 Å². The maximum Gasteiger partial charge on any atom is 0.0445 e. The van der Waals surface area contributed by atoms with Crippen LogP contribution in [0, 0.1) is 5.92 Å². The lowest BCUT2D eigenvalue weighted by molar-refractivity contribution is 0.530. The minimum atomic E-state index is -0.804. The largest absolute Gasteiger partial charge is 0.179 e. The average molecular weight is 218 g/mol. The molecule has 1 atom stereocenters. The van der Waals surface area contributed by atoms with E-state index < -0.39 is 8.07 Å². The molecule has 0 N–H and O–H groups in total. The van der Waals surface area contributed by atoms with E-state index in [9.17, 15) is 0 Å². The minimum absolute atomic E-state index is 0.804.